The molecule has 0 fully saturated rings. The topological polar surface area (TPSA) is 68.5 Å². The van der Waals surface area contributed by atoms with Gasteiger partial charge in [-0.1, -0.05) is 0 Å². The molecule has 0 spiro atoms. The van der Waals surface area contributed by atoms with Crippen LogP contribution in [0.15, 0.2) is 35.4 Å². The molecule has 0 aliphatic heterocycles. The van der Waals surface area contributed by atoms with Crippen LogP contribution in [0.3, 0.4) is 0 Å². The molecular weight excluding hydrogens is 280 g/mol. The number of hydrogen-bond donors (Lipinski definition) is 1. The van der Waals surface area contributed by atoms with Gasteiger partial charge in [0.25, 0.3) is 5.91 Å². The number of nitrogens with zero attached hydrogens (tertiary/aromatic N) is 3. The molecule has 6 heteroatoms. The zero-order chi connectivity index (χ0) is 16.1. The van der Waals surface area contributed by atoms with Gasteiger partial charge in [-0.05, 0) is 56.7 Å². The van der Waals surface area contributed by atoms with Gasteiger partial charge in [0, 0.05) is 5.69 Å². The molecular formula is C16H20N4O2. The molecule has 1 aromatic carbocycles. The molecule has 0 aliphatic rings. The third kappa shape index (κ3) is 3.94. The van der Waals surface area contributed by atoms with Crippen molar-refractivity contribution in [3.8, 4) is 5.75 Å². The Kier molecular flexibility index (Phi) is 4.93. The number of carbonyl (C=O) groups excluding carboxylic acids is 1. The van der Waals surface area contributed by atoms with Gasteiger partial charge in [0.15, 0.2) is 0 Å². The number of aryl methyl sites for hydroxylation is 2. The van der Waals surface area contributed by atoms with Gasteiger partial charge in [-0.15, -0.1) is 0 Å². The molecule has 0 saturated heterocycles. The molecule has 1 N–H and O–H groups in total. The number of rotatable bonds is 5. The van der Waals surface area contributed by atoms with Crippen LogP contribution in [0, 0.1) is 13.8 Å². The maximum atomic E-state index is 11.9. The fraction of sp³-hybridized carbons (Fsp3) is 0.312. The molecule has 22 heavy (non-hydrogen) atoms. The van der Waals surface area contributed by atoms with Crippen molar-refractivity contribution < 1.29 is 9.53 Å². The minimum Gasteiger partial charge on any atom is -0.497 e. The van der Waals surface area contributed by atoms with Crippen LogP contribution in [0.25, 0.3) is 0 Å². The van der Waals surface area contributed by atoms with Crippen molar-refractivity contribution in [3.63, 3.8) is 0 Å². The Morgan fingerprint density at radius 2 is 2.00 bits per heavy atom. The highest BCUT2D eigenvalue weighted by molar-refractivity contribution is 5.99. The lowest BCUT2D eigenvalue weighted by atomic mass is 10.1. The van der Waals surface area contributed by atoms with Gasteiger partial charge in [-0.3, -0.25) is 9.48 Å². The minimum atomic E-state index is -0.209. The molecule has 1 aromatic heterocycles. The number of aromatic nitrogens is 2. The first-order valence-electron chi connectivity index (χ1n) is 6.98. The summed E-state index contributed by atoms with van der Waals surface area (Å²) in [5.41, 5.74) is 6.04. The first-order valence-corrected chi connectivity index (χ1v) is 6.98. The summed E-state index contributed by atoms with van der Waals surface area (Å²) in [6.07, 6.45) is 0. The Morgan fingerprint density at radius 3 is 2.55 bits per heavy atom. The van der Waals surface area contributed by atoms with E-state index in [0.717, 1.165) is 28.4 Å². The summed E-state index contributed by atoms with van der Waals surface area (Å²) in [5, 5.41) is 8.37. The third-order valence-electron chi connectivity index (χ3n) is 3.25. The van der Waals surface area contributed by atoms with Crippen molar-refractivity contribution in [2.75, 3.05) is 7.11 Å². The molecule has 0 bridgehead atoms. The van der Waals surface area contributed by atoms with Crippen molar-refractivity contribution in [1.82, 2.24) is 15.2 Å². The first kappa shape index (κ1) is 15.8. The zero-order valence-corrected chi connectivity index (χ0v) is 13.3. The molecule has 0 unspecified atom stereocenters. The average Bonchev–Trinajstić information content (AvgIpc) is 2.82. The number of ether oxygens (including phenoxy) is 1. The Morgan fingerprint density at radius 1 is 1.32 bits per heavy atom. The standard InChI is InChI=1S/C16H20N4O2/c1-11-9-12(2)20(19-11)10-16(21)18-17-13(3)14-5-7-15(22-4)8-6-14/h5-9H,10H2,1-4H3,(H,18,21). The van der Waals surface area contributed by atoms with Gasteiger partial charge in [-0.2, -0.15) is 10.2 Å². The van der Waals surface area contributed by atoms with E-state index in [2.05, 4.69) is 15.6 Å². The van der Waals surface area contributed by atoms with Crippen LogP contribution in [0.2, 0.25) is 0 Å². The Bertz CT molecular complexity index is 687. The van der Waals surface area contributed by atoms with Gasteiger partial charge < -0.3 is 4.74 Å². The number of benzene rings is 1. The van der Waals surface area contributed by atoms with Gasteiger partial charge in [0.05, 0.1) is 18.5 Å². The van der Waals surface area contributed by atoms with E-state index < -0.39 is 0 Å². The predicted octanol–water partition coefficient (Wildman–Crippen LogP) is 2.05. The van der Waals surface area contributed by atoms with Crippen LogP contribution >= 0.6 is 0 Å². The summed E-state index contributed by atoms with van der Waals surface area (Å²) in [5.74, 6) is 0.573. The lowest BCUT2D eigenvalue weighted by Crippen LogP contribution is -2.25. The number of hydrazone groups is 1. The summed E-state index contributed by atoms with van der Waals surface area (Å²) < 4.78 is 6.76. The molecule has 0 radical (unpaired) electrons. The Hall–Kier alpha value is -2.63. The Labute approximate surface area is 129 Å². The molecule has 2 rings (SSSR count). The lowest BCUT2D eigenvalue weighted by Gasteiger charge is -2.05. The molecule has 1 heterocycles. The molecule has 116 valence electrons. The van der Waals surface area contributed by atoms with E-state index in [1.54, 1.807) is 11.8 Å². The van der Waals surface area contributed by atoms with E-state index in [0.29, 0.717) is 0 Å². The maximum absolute atomic E-state index is 11.9. The van der Waals surface area contributed by atoms with Crippen LogP contribution in [0.1, 0.15) is 23.9 Å². The van der Waals surface area contributed by atoms with E-state index in [1.165, 1.54) is 0 Å². The van der Waals surface area contributed by atoms with E-state index in [-0.39, 0.29) is 12.5 Å². The van der Waals surface area contributed by atoms with Gasteiger partial charge in [0.1, 0.15) is 12.3 Å². The summed E-state index contributed by atoms with van der Waals surface area (Å²) >= 11 is 0. The van der Waals surface area contributed by atoms with Gasteiger partial charge >= 0.3 is 0 Å². The number of carbonyl (C=O) groups is 1. The molecule has 6 nitrogen and oxygen atoms in total. The predicted molar refractivity (Wildman–Crippen MR) is 85.0 cm³/mol. The fourth-order valence-electron chi connectivity index (χ4n) is 2.05. The lowest BCUT2D eigenvalue weighted by molar-refractivity contribution is -0.121. The van der Waals surface area contributed by atoms with E-state index >= 15 is 0 Å². The van der Waals surface area contributed by atoms with Crippen LogP contribution in [0.5, 0.6) is 5.75 Å². The molecule has 1 amide bonds. The fourth-order valence-corrected chi connectivity index (χ4v) is 2.05. The number of nitrogens with one attached hydrogen (secondary N) is 1. The highest BCUT2D eigenvalue weighted by atomic mass is 16.5. The molecule has 0 atom stereocenters. The largest absolute Gasteiger partial charge is 0.497 e. The van der Waals surface area contributed by atoms with Crippen molar-refractivity contribution >= 4 is 11.6 Å². The summed E-state index contributed by atoms with van der Waals surface area (Å²) in [6, 6.07) is 9.42. The molecule has 0 aliphatic carbocycles. The van der Waals surface area contributed by atoms with Crippen molar-refractivity contribution in [2.45, 2.75) is 27.3 Å². The zero-order valence-electron chi connectivity index (χ0n) is 13.3. The molecule has 0 saturated carbocycles. The molecule has 2 aromatic rings. The van der Waals surface area contributed by atoms with E-state index in [9.17, 15) is 4.79 Å². The van der Waals surface area contributed by atoms with Crippen LogP contribution in [-0.2, 0) is 11.3 Å². The van der Waals surface area contributed by atoms with Crippen molar-refractivity contribution in [3.05, 3.63) is 47.3 Å². The van der Waals surface area contributed by atoms with Gasteiger partial charge in [-0.25, -0.2) is 5.43 Å². The second-order valence-electron chi connectivity index (χ2n) is 5.05. The second kappa shape index (κ2) is 6.89. The number of amides is 1. The Balaban J connectivity index is 1.97. The maximum Gasteiger partial charge on any atom is 0.261 e. The van der Waals surface area contributed by atoms with Crippen LogP contribution < -0.4 is 10.2 Å². The SMILES string of the molecule is COc1ccc(C(C)=NNC(=O)Cn2nc(C)cc2C)cc1. The third-order valence-corrected chi connectivity index (χ3v) is 3.25. The quantitative estimate of drug-likeness (QED) is 0.679. The number of methoxy groups -OCH3 is 1. The minimum absolute atomic E-state index is 0.152. The highest BCUT2D eigenvalue weighted by Crippen LogP contribution is 2.11. The number of hydrogen-bond acceptors (Lipinski definition) is 4. The first-order chi connectivity index (χ1) is 10.5. The van der Waals surface area contributed by atoms with Crippen molar-refractivity contribution in [2.24, 2.45) is 5.10 Å². The van der Waals surface area contributed by atoms with Gasteiger partial charge in [0.2, 0.25) is 0 Å². The summed E-state index contributed by atoms with van der Waals surface area (Å²) in [7, 11) is 1.62. The van der Waals surface area contributed by atoms with Crippen LogP contribution in [0.4, 0.5) is 0 Å². The van der Waals surface area contributed by atoms with E-state index in [1.807, 2.05) is 51.1 Å². The smallest absolute Gasteiger partial charge is 0.261 e. The summed E-state index contributed by atoms with van der Waals surface area (Å²) in [4.78, 5) is 11.9. The highest BCUT2D eigenvalue weighted by Gasteiger charge is 2.06. The summed E-state index contributed by atoms with van der Waals surface area (Å²) in [6.45, 7) is 5.80. The monoisotopic (exact) mass is 300 g/mol. The second-order valence-corrected chi connectivity index (χ2v) is 5.05. The van der Waals surface area contributed by atoms with E-state index in [4.69, 9.17) is 4.74 Å². The normalized spacial score (nSPS) is 11.4. The van der Waals surface area contributed by atoms with Crippen LogP contribution in [-0.4, -0.2) is 28.5 Å². The average molecular weight is 300 g/mol. The van der Waals surface area contributed by atoms with Crippen molar-refractivity contribution in [1.29, 1.82) is 0 Å².